The minimum absolute atomic E-state index is 0.0240. The second-order valence-corrected chi connectivity index (χ2v) is 11.4. The number of benzene rings is 2. The quantitative estimate of drug-likeness (QED) is 0.406. The molecule has 0 saturated heterocycles. The van der Waals surface area contributed by atoms with Gasteiger partial charge >= 0.3 is 0 Å². The molecule has 0 radical (unpaired) electrons. The topological polar surface area (TPSA) is 99.2 Å². The highest BCUT2D eigenvalue weighted by molar-refractivity contribution is 6.00. The van der Waals surface area contributed by atoms with Crippen LogP contribution in [0.3, 0.4) is 0 Å². The Morgan fingerprint density at radius 1 is 1.13 bits per heavy atom. The molecular formula is C31H38N4O3. The second-order valence-electron chi connectivity index (χ2n) is 11.4. The van der Waals surface area contributed by atoms with Crippen molar-refractivity contribution in [2.75, 3.05) is 5.32 Å². The summed E-state index contributed by atoms with van der Waals surface area (Å²) in [5, 5.41) is 8.48. The van der Waals surface area contributed by atoms with Crippen molar-refractivity contribution in [1.29, 1.82) is 0 Å². The van der Waals surface area contributed by atoms with Crippen LogP contribution < -0.4 is 11.1 Å². The standard InChI is InChI=1S/C31H38N4O3/c1-4-23-29-26(17-31(2,3)18-27(29)36)35(34-23)21-14-15-22(30(32)37)25(16-21)33-24-12-8-9-13-28(24)38-19-20-10-6-5-7-11-20/h5-7,10-11,14-16,24,28,33H,4,8-9,12-13,17-19H2,1-3H3,(H2,32,37)/t24-,28-/m0/s1. The number of hydrogen-bond acceptors (Lipinski definition) is 5. The molecule has 0 unspecified atom stereocenters. The molecule has 5 rings (SSSR count). The number of ether oxygens (including phenoxy) is 1. The van der Waals surface area contributed by atoms with Crippen LogP contribution in [0.4, 0.5) is 5.69 Å². The highest BCUT2D eigenvalue weighted by Gasteiger charge is 2.36. The first-order chi connectivity index (χ1) is 18.3. The van der Waals surface area contributed by atoms with E-state index in [4.69, 9.17) is 15.6 Å². The van der Waals surface area contributed by atoms with Crippen LogP contribution in [0.25, 0.3) is 5.69 Å². The first kappa shape index (κ1) is 26.2. The van der Waals surface area contributed by atoms with Gasteiger partial charge in [-0.05, 0) is 54.9 Å². The predicted octanol–water partition coefficient (Wildman–Crippen LogP) is 5.63. The van der Waals surface area contributed by atoms with Gasteiger partial charge < -0.3 is 15.8 Å². The summed E-state index contributed by atoms with van der Waals surface area (Å²) < 4.78 is 8.26. The van der Waals surface area contributed by atoms with E-state index in [2.05, 4.69) is 31.3 Å². The number of Topliss-reactive ketones (excluding diaryl/α,β-unsaturated/α-hetero) is 1. The molecule has 3 aromatic rings. The van der Waals surface area contributed by atoms with E-state index in [1.807, 2.05) is 41.9 Å². The van der Waals surface area contributed by atoms with Gasteiger partial charge in [-0.3, -0.25) is 9.59 Å². The van der Waals surface area contributed by atoms with Gasteiger partial charge in [0.1, 0.15) is 0 Å². The molecule has 2 aliphatic carbocycles. The monoisotopic (exact) mass is 514 g/mol. The third-order valence-electron chi connectivity index (χ3n) is 7.82. The lowest BCUT2D eigenvalue weighted by Gasteiger charge is -2.33. The van der Waals surface area contributed by atoms with Crippen molar-refractivity contribution in [3.63, 3.8) is 0 Å². The maximum atomic E-state index is 13.1. The molecule has 2 atom stereocenters. The highest BCUT2D eigenvalue weighted by Crippen LogP contribution is 2.38. The molecule has 7 nitrogen and oxygen atoms in total. The Balaban J connectivity index is 1.46. The smallest absolute Gasteiger partial charge is 0.250 e. The van der Waals surface area contributed by atoms with Gasteiger partial charge in [-0.1, -0.05) is 63.9 Å². The number of amides is 1. The maximum Gasteiger partial charge on any atom is 0.250 e. The normalized spacial score (nSPS) is 20.7. The zero-order chi connectivity index (χ0) is 26.9. The number of carbonyl (C=O) groups is 2. The van der Waals surface area contributed by atoms with Gasteiger partial charge in [0, 0.05) is 12.1 Å². The van der Waals surface area contributed by atoms with Crippen LogP contribution >= 0.6 is 0 Å². The lowest BCUT2D eigenvalue weighted by Crippen LogP contribution is -2.39. The molecule has 1 fully saturated rings. The van der Waals surface area contributed by atoms with Crippen molar-refractivity contribution in [2.45, 2.75) is 84.5 Å². The van der Waals surface area contributed by atoms with E-state index in [-0.39, 0.29) is 23.3 Å². The lowest BCUT2D eigenvalue weighted by atomic mass is 9.75. The summed E-state index contributed by atoms with van der Waals surface area (Å²) in [6.45, 7) is 6.83. The van der Waals surface area contributed by atoms with Crippen molar-refractivity contribution in [2.24, 2.45) is 11.1 Å². The molecule has 2 aliphatic rings. The van der Waals surface area contributed by atoms with Gasteiger partial charge in [-0.25, -0.2) is 4.68 Å². The van der Waals surface area contributed by atoms with E-state index in [0.717, 1.165) is 60.3 Å². The third kappa shape index (κ3) is 5.39. The van der Waals surface area contributed by atoms with Gasteiger partial charge in [-0.2, -0.15) is 5.10 Å². The van der Waals surface area contributed by atoms with Crippen molar-refractivity contribution in [3.8, 4) is 5.69 Å². The van der Waals surface area contributed by atoms with Crippen molar-refractivity contribution in [3.05, 3.63) is 76.6 Å². The highest BCUT2D eigenvalue weighted by atomic mass is 16.5. The maximum absolute atomic E-state index is 13.1. The van der Waals surface area contributed by atoms with Crippen LogP contribution in [0.15, 0.2) is 48.5 Å². The summed E-state index contributed by atoms with van der Waals surface area (Å²) in [5.74, 6) is -0.322. The summed E-state index contributed by atoms with van der Waals surface area (Å²) >= 11 is 0. The molecule has 1 saturated carbocycles. The average molecular weight is 515 g/mol. The minimum atomic E-state index is -0.482. The predicted molar refractivity (Wildman–Crippen MR) is 149 cm³/mol. The Labute approximate surface area is 224 Å². The first-order valence-electron chi connectivity index (χ1n) is 13.8. The van der Waals surface area contributed by atoms with Crippen LogP contribution in [0.1, 0.15) is 90.5 Å². The number of anilines is 1. The molecule has 3 N–H and O–H groups in total. The van der Waals surface area contributed by atoms with Crippen molar-refractivity contribution in [1.82, 2.24) is 9.78 Å². The molecule has 1 aromatic heterocycles. The molecule has 7 heteroatoms. The molecular weight excluding hydrogens is 476 g/mol. The fraction of sp³-hybridized carbons (Fsp3) is 0.452. The number of hydrogen-bond donors (Lipinski definition) is 2. The number of primary amides is 1. The van der Waals surface area contributed by atoms with Gasteiger partial charge in [0.25, 0.3) is 5.91 Å². The van der Waals surface area contributed by atoms with Crippen LogP contribution in [-0.4, -0.2) is 33.6 Å². The summed E-state index contributed by atoms with van der Waals surface area (Å²) in [4.78, 5) is 25.5. The Morgan fingerprint density at radius 2 is 1.89 bits per heavy atom. The average Bonchev–Trinajstić information content (AvgIpc) is 3.26. The number of nitrogens with two attached hydrogens (primary N) is 1. The number of aromatic nitrogens is 2. The van der Waals surface area contributed by atoms with E-state index in [0.29, 0.717) is 30.7 Å². The zero-order valence-corrected chi connectivity index (χ0v) is 22.6. The SMILES string of the molecule is CCc1nn(-c2ccc(C(N)=O)c(N[C@H]3CCCC[C@@H]3OCc3ccccc3)c2)c2c1C(=O)CC(C)(C)C2. The molecule has 1 heterocycles. The Morgan fingerprint density at radius 3 is 2.63 bits per heavy atom. The van der Waals surface area contributed by atoms with E-state index in [9.17, 15) is 9.59 Å². The number of carbonyl (C=O) groups excluding carboxylic acids is 2. The summed E-state index contributed by atoms with van der Waals surface area (Å²) in [7, 11) is 0. The van der Waals surface area contributed by atoms with Gasteiger partial charge in [0.15, 0.2) is 5.78 Å². The van der Waals surface area contributed by atoms with E-state index in [1.165, 1.54) is 0 Å². The van der Waals surface area contributed by atoms with Gasteiger partial charge in [0.2, 0.25) is 0 Å². The van der Waals surface area contributed by atoms with Crippen LogP contribution in [0.2, 0.25) is 0 Å². The molecule has 0 bridgehead atoms. The summed E-state index contributed by atoms with van der Waals surface area (Å²) in [6.07, 6.45) is 6.12. The Bertz CT molecular complexity index is 1330. The van der Waals surface area contributed by atoms with Gasteiger partial charge in [-0.15, -0.1) is 0 Å². The Kier molecular flexibility index (Phi) is 7.39. The van der Waals surface area contributed by atoms with Crippen molar-refractivity contribution < 1.29 is 14.3 Å². The number of nitrogens with zero attached hydrogens (tertiary/aromatic N) is 2. The van der Waals surface area contributed by atoms with Crippen molar-refractivity contribution >= 4 is 17.4 Å². The largest absolute Gasteiger partial charge is 0.379 e. The van der Waals surface area contributed by atoms with E-state index >= 15 is 0 Å². The Hall–Kier alpha value is -3.45. The first-order valence-corrected chi connectivity index (χ1v) is 13.8. The van der Waals surface area contributed by atoms with E-state index in [1.54, 1.807) is 6.07 Å². The van der Waals surface area contributed by atoms with Gasteiger partial charge in [0.05, 0.1) is 47.0 Å². The minimum Gasteiger partial charge on any atom is -0.379 e. The third-order valence-corrected chi connectivity index (χ3v) is 7.82. The second kappa shape index (κ2) is 10.7. The molecule has 200 valence electrons. The molecule has 2 aromatic carbocycles. The molecule has 0 spiro atoms. The summed E-state index contributed by atoms with van der Waals surface area (Å²) in [5.41, 5.74) is 11.3. The number of ketones is 1. The van der Waals surface area contributed by atoms with Crippen LogP contribution in [0, 0.1) is 5.41 Å². The number of nitrogens with one attached hydrogen (secondary N) is 1. The number of aryl methyl sites for hydroxylation is 1. The number of fused-ring (bicyclic) bond motifs is 1. The van der Waals surface area contributed by atoms with Crippen LogP contribution in [0.5, 0.6) is 0 Å². The molecule has 38 heavy (non-hydrogen) atoms. The molecule has 0 aliphatic heterocycles. The lowest BCUT2D eigenvalue weighted by molar-refractivity contribution is 0.00882. The fourth-order valence-electron chi connectivity index (χ4n) is 5.93. The van der Waals surface area contributed by atoms with Crippen LogP contribution in [-0.2, 0) is 24.2 Å². The zero-order valence-electron chi connectivity index (χ0n) is 22.6. The number of rotatable bonds is 8. The van der Waals surface area contributed by atoms with E-state index < -0.39 is 5.91 Å². The molecule has 1 amide bonds. The summed E-state index contributed by atoms with van der Waals surface area (Å²) in [6, 6.07) is 15.8. The fourth-order valence-corrected chi connectivity index (χ4v) is 5.93.